The van der Waals surface area contributed by atoms with E-state index in [-0.39, 0.29) is 0 Å². The van der Waals surface area contributed by atoms with Gasteiger partial charge in [0.1, 0.15) is 0 Å². The van der Waals surface area contributed by atoms with Gasteiger partial charge in [0.25, 0.3) is 0 Å². The summed E-state index contributed by atoms with van der Waals surface area (Å²) in [7, 11) is 0. The lowest BCUT2D eigenvalue weighted by atomic mass is 9.70. The Kier molecular flexibility index (Phi) is 7.69. The molecule has 13 rings (SSSR count). The first-order chi connectivity index (χ1) is 30.7. The van der Waals surface area contributed by atoms with Gasteiger partial charge in [0.2, 0.25) is 0 Å². The minimum Gasteiger partial charge on any atom is -0.208 e. The highest BCUT2D eigenvalue weighted by molar-refractivity contribution is 7.25. The second kappa shape index (κ2) is 13.6. The van der Waals surface area contributed by atoms with Crippen molar-refractivity contribution < 1.29 is 0 Å². The number of hydrogen-bond acceptors (Lipinski definition) is 4. The van der Waals surface area contributed by atoms with Crippen molar-refractivity contribution in [2.45, 2.75) is 5.41 Å². The topological polar surface area (TPSA) is 38.7 Å². The zero-order chi connectivity index (χ0) is 40.8. The third-order valence-corrected chi connectivity index (χ3v) is 14.1. The normalized spacial score (nSPS) is 13.0. The van der Waals surface area contributed by atoms with Gasteiger partial charge in [-0.1, -0.05) is 194 Å². The molecule has 0 aliphatic heterocycles. The van der Waals surface area contributed by atoms with Gasteiger partial charge in [-0.15, -0.1) is 11.3 Å². The second-order valence-corrected chi connectivity index (χ2v) is 17.3. The van der Waals surface area contributed by atoms with Crippen molar-refractivity contribution in [2.24, 2.45) is 0 Å². The number of hydrogen-bond donors (Lipinski definition) is 0. The molecule has 0 atom stereocenters. The molecule has 62 heavy (non-hydrogen) atoms. The van der Waals surface area contributed by atoms with Gasteiger partial charge in [-0.05, 0) is 85.0 Å². The molecule has 1 spiro atoms. The quantitative estimate of drug-likeness (QED) is 0.174. The van der Waals surface area contributed by atoms with Crippen molar-refractivity contribution in [1.29, 1.82) is 0 Å². The Bertz CT molecular complexity index is 3520. The molecule has 0 amide bonds. The summed E-state index contributed by atoms with van der Waals surface area (Å²) < 4.78 is 2.61. The highest BCUT2D eigenvalue weighted by Crippen LogP contribution is 2.63. The molecule has 288 valence electrons. The molecule has 0 saturated carbocycles. The van der Waals surface area contributed by atoms with Gasteiger partial charge < -0.3 is 0 Å². The zero-order valence-corrected chi connectivity index (χ0v) is 34.3. The second-order valence-electron chi connectivity index (χ2n) is 16.3. The van der Waals surface area contributed by atoms with E-state index in [0.29, 0.717) is 17.5 Å². The van der Waals surface area contributed by atoms with Crippen LogP contribution in [0.2, 0.25) is 0 Å². The summed E-state index contributed by atoms with van der Waals surface area (Å²) in [4.78, 5) is 15.6. The monoisotopic (exact) mass is 805 g/mol. The van der Waals surface area contributed by atoms with Crippen molar-refractivity contribution in [3.8, 4) is 78.7 Å². The minimum atomic E-state index is -0.430. The maximum absolute atomic E-state index is 5.27. The Balaban J connectivity index is 0.948. The SMILES string of the molecule is c1ccc(-c2nc(-c3ccc(-c4ccc5c(c4)sc4ccccc45)cc3)nc(-c3ccccc3-c3ccc4c(c3)C3(c5ccccc5-c5ccccc53)c3ccccc3-4)n2)cc1. The molecule has 0 saturated heterocycles. The minimum absolute atomic E-state index is 0.430. The molecular formula is C58H35N3S. The van der Waals surface area contributed by atoms with Crippen molar-refractivity contribution >= 4 is 31.5 Å². The summed E-state index contributed by atoms with van der Waals surface area (Å²) in [5.41, 5.74) is 17.4. The smallest absolute Gasteiger partial charge is 0.164 e. The Labute approximate surface area is 363 Å². The van der Waals surface area contributed by atoms with Crippen LogP contribution in [0.4, 0.5) is 0 Å². The summed E-state index contributed by atoms with van der Waals surface area (Å²) in [6, 6.07) is 76.8. The van der Waals surface area contributed by atoms with Crippen LogP contribution < -0.4 is 0 Å². The van der Waals surface area contributed by atoms with E-state index in [9.17, 15) is 0 Å². The van der Waals surface area contributed by atoms with E-state index >= 15 is 0 Å². The first-order valence-electron chi connectivity index (χ1n) is 21.1. The lowest BCUT2D eigenvalue weighted by Crippen LogP contribution is -2.25. The molecule has 0 fully saturated rings. The number of benzene rings is 9. The molecule has 2 aliphatic carbocycles. The summed E-state index contributed by atoms with van der Waals surface area (Å²) in [6.07, 6.45) is 0. The molecule has 2 aliphatic rings. The van der Waals surface area contributed by atoms with E-state index in [1.165, 1.54) is 70.2 Å². The summed E-state index contributed by atoms with van der Waals surface area (Å²) in [5, 5.41) is 2.61. The van der Waals surface area contributed by atoms with Crippen LogP contribution in [0, 0.1) is 0 Å². The summed E-state index contributed by atoms with van der Waals surface area (Å²) in [5.74, 6) is 1.92. The first-order valence-corrected chi connectivity index (χ1v) is 21.9. The molecule has 11 aromatic rings. The van der Waals surface area contributed by atoms with Gasteiger partial charge in [-0.2, -0.15) is 0 Å². The van der Waals surface area contributed by atoms with E-state index in [1.54, 1.807) is 0 Å². The lowest BCUT2D eigenvalue weighted by Gasteiger charge is -2.30. The van der Waals surface area contributed by atoms with Crippen molar-refractivity contribution in [3.05, 3.63) is 235 Å². The standard InChI is InChI=1S/C58H35N3S/c1-2-14-37(15-3-1)55-59-56(38-28-26-36(27-29-38)39-30-33-47-46-20-9-13-25-53(46)62-54(47)35-39)61-57(60-55)48-21-5-4-16-41(48)40-31-32-45-44-19-8-12-24-51(44)58(52(45)34-40)49-22-10-6-17-42(49)43-18-7-11-23-50(43)58/h1-35H. The zero-order valence-electron chi connectivity index (χ0n) is 33.5. The third kappa shape index (κ3) is 5.14. The molecule has 3 nitrogen and oxygen atoms in total. The van der Waals surface area contributed by atoms with Crippen LogP contribution in [0.1, 0.15) is 22.3 Å². The molecule has 0 bridgehead atoms. The maximum Gasteiger partial charge on any atom is 0.164 e. The molecule has 0 N–H and O–H groups in total. The molecule has 4 heteroatoms. The van der Waals surface area contributed by atoms with Crippen LogP contribution in [-0.4, -0.2) is 15.0 Å². The van der Waals surface area contributed by atoms with E-state index in [0.717, 1.165) is 33.4 Å². The predicted molar refractivity (Wildman–Crippen MR) is 256 cm³/mol. The highest BCUT2D eigenvalue weighted by atomic mass is 32.1. The van der Waals surface area contributed by atoms with Crippen LogP contribution >= 0.6 is 11.3 Å². The number of fused-ring (bicyclic) bond motifs is 13. The van der Waals surface area contributed by atoms with Gasteiger partial charge in [0.15, 0.2) is 17.5 Å². The van der Waals surface area contributed by atoms with Crippen LogP contribution in [0.15, 0.2) is 212 Å². The fourth-order valence-corrected chi connectivity index (χ4v) is 11.4. The molecule has 2 aromatic heterocycles. The maximum atomic E-state index is 5.27. The molecular weight excluding hydrogens is 771 g/mol. The van der Waals surface area contributed by atoms with Gasteiger partial charge in [-0.25, -0.2) is 15.0 Å². The van der Waals surface area contributed by atoms with Crippen LogP contribution in [0.3, 0.4) is 0 Å². The van der Waals surface area contributed by atoms with E-state index < -0.39 is 5.41 Å². The molecule has 9 aromatic carbocycles. The van der Waals surface area contributed by atoms with Crippen LogP contribution in [-0.2, 0) is 5.41 Å². The van der Waals surface area contributed by atoms with Crippen molar-refractivity contribution in [3.63, 3.8) is 0 Å². The largest absolute Gasteiger partial charge is 0.208 e. The van der Waals surface area contributed by atoms with Crippen LogP contribution in [0.25, 0.3) is 98.8 Å². The third-order valence-electron chi connectivity index (χ3n) is 13.0. The summed E-state index contributed by atoms with van der Waals surface area (Å²) >= 11 is 1.84. The van der Waals surface area contributed by atoms with E-state index in [2.05, 4.69) is 194 Å². The number of rotatable bonds is 5. The molecule has 0 unspecified atom stereocenters. The highest BCUT2D eigenvalue weighted by Gasteiger charge is 2.51. The van der Waals surface area contributed by atoms with Gasteiger partial charge in [-0.3, -0.25) is 0 Å². The average Bonchev–Trinajstić information content (AvgIpc) is 3.98. The van der Waals surface area contributed by atoms with Gasteiger partial charge in [0, 0.05) is 36.9 Å². The average molecular weight is 806 g/mol. The molecule has 2 heterocycles. The number of thiophene rings is 1. The van der Waals surface area contributed by atoms with Gasteiger partial charge >= 0.3 is 0 Å². The first kappa shape index (κ1) is 35.0. The fraction of sp³-hybridized carbons (Fsp3) is 0.0172. The van der Waals surface area contributed by atoms with Crippen molar-refractivity contribution in [2.75, 3.05) is 0 Å². The van der Waals surface area contributed by atoms with E-state index in [1.807, 2.05) is 29.5 Å². The Hall–Kier alpha value is -7.79. The van der Waals surface area contributed by atoms with E-state index in [4.69, 9.17) is 15.0 Å². The lowest BCUT2D eigenvalue weighted by molar-refractivity contribution is 0.794. The van der Waals surface area contributed by atoms with Crippen molar-refractivity contribution in [1.82, 2.24) is 15.0 Å². The summed E-state index contributed by atoms with van der Waals surface area (Å²) in [6.45, 7) is 0. The Morgan fingerprint density at radius 1 is 0.274 bits per heavy atom. The Morgan fingerprint density at radius 2 is 0.742 bits per heavy atom. The fourth-order valence-electron chi connectivity index (χ4n) is 10.3. The van der Waals surface area contributed by atoms with Gasteiger partial charge in [0.05, 0.1) is 5.41 Å². The predicted octanol–water partition coefficient (Wildman–Crippen LogP) is 14.9. The number of aromatic nitrogens is 3. The van der Waals surface area contributed by atoms with Crippen LogP contribution in [0.5, 0.6) is 0 Å². The number of nitrogens with zero attached hydrogens (tertiary/aromatic N) is 3. The Morgan fingerprint density at radius 3 is 1.42 bits per heavy atom. The molecule has 0 radical (unpaired) electrons.